The first-order chi connectivity index (χ1) is 9.61. The molecular weight excluding hydrogens is 256 g/mol. The van der Waals surface area contributed by atoms with Crippen LogP contribution in [-0.4, -0.2) is 75.4 Å². The number of carbonyl (C=O) groups excluding carboxylic acids is 1. The lowest BCUT2D eigenvalue weighted by Crippen LogP contribution is -2.48. The molecule has 0 saturated carbocycles. The van der Waals surface area contributed by atoms with Gasteiger partial charge in [-0.25, -0.2) is 0 Å². The predicted octanol–water partition coefficient (Wildman–Crippen LogP) is 0.838. The highest BCUT2D eigenvalue weighted by Crippen LogP contribution is 2.26. The molecule has 2 rings (SSSR count). The van der Waals surface area contributed by atoms with Crippen molar-refractivity contribution in [3.05, 3.63) is 0 Å². The van der Waals surface area contributed by atoms with E-state index in [2.05, 4.69) is 23.9 Å². The normalized spacial score (nSPS) is 29.0. The Hall–Kier alpha value is -0.650. The van der Waals surface area contributed by atoms with Crippen molar-refractivity contribution >= 4 is 5.97 Å². The van der Waals surface area contributed by atoms with Gasteiger partial charge in [0.05, 0.1) is 25.7 Å². The van der Waals surface area contributed by atoms with Crippen molar-refractivity contribution in [2.75, 3.05) is 53.6 Å². The molecule has 116 valence electrons. The smallest absolute Gasteiger partial charge is 0.309 e. The highest BCUT2D eigenvalue weighted by Gasteiger charge is 2.36. The summed E-state index contributed by atoms with van der Waals surface area (Å²) in [6.07, 6.45) is 1.84. The van der Waals surface area contributed by atoms with E-state index in [9.17, 15) is 4.79 Å². The first kappa shape index (κ1) is 15.7. The van der Waals surface area contributed by atoms with Crippen LogP contribution >= 0.6 is 0 Å². The van der Waals surface area contributed by atoms with Crippen LogP contribution in [0.2, 0.25) is 0 Å². The maximum Gasteiger partial charge on any atom is 0.309 e. The van der Waals surface area contributed by atoms with Gasteiger partial charge in [0, 0.05) is 18.5 Å². The molecule has 2 fully saturated rings. The molecule has 0 N–H and O–H groups in total. The van der Waals surface area contributed by atoms with Gasteiger partial charge in [-0.15, -0.1) is 0 Å². The average Bonchev–Trinajstić information content (AvgIpc) is 2.86. The van der Waals surface area contributed by atoms with Gasteiger partial charge in [0.1, 0.15) is 0 Å². The number of nitrogens with zero attached hydrogens (tertiary/aromatic N) is 2. The Bertz CT molecular complexity index is 314. The zero-order valence-electron chi connectivity index (χ0n) is 13.0. The van der Waals surface area contributed by atoms with Gasteiger partial charge in [0.25, 0.3) is 0 Å². The van der Waals surface area contributed by atoms with Crippen LogP contribution in [-0.2, 0) is 14.3 Å². The number of esters is 1. The predicted molar refractivity (Wildman–Crippen MR) is 77.6 cm³/mol. The van der Waals surface area contributed by atoms with E-state index in [1.807, 2.05) is 6.92 Å². The Morgan fingerprint density at radius 3 is 2.60 bits per heavy atom. The highest BCUT2D eigenvalue weighted by molar-refractivity contribution is 5.72. The van der Waals surface area contributed by atoms with Crippen LogP contribution in [0.1, 0.15) is 19.8 Å². The molecule has 2 heterocycles. The minimum atomic E-state index is -0.0142. The van der Waals surface area contributed by atoms with Crippen LogP contribution in [0.3, 0.4) is 0 Å². The summed E-state index contributed by atoms with van der Waals surface area (Å²) in [5, 5.41) is 0. The Morgan fingerprint density at radius 1 is 1.30 bits per heavy atom. The van der Waals surface area contributed by atoms with Gasteiger partial charge in [-0.05, 0) is 47.0 Å². The van der Waals surface area contributed by atoms with Gasteiger partial charge >= 0.3 is 5.97 Å². The van der Waals surface area contributed by atoms with E-state index < -0.39 is 0 Å². The molecule has 0 aromatic rings. The lowest BCUT2D eigenvalue weighted by atomic mass is 9.93. The second kappa shape index (κ2) is 7.38. The first-order valence-electron chi connectivity index (χ1n) is 7.75. The summed E-state index contributed by atoms with van der Waals surface area (Å²) in [6, 6.07) is 0.514. The number of rotatable bonds is 5. The zero-order valence-corrected chi connectivity index (χ0v) is 13.0. The van der Waals surface area contributed by atoms with E-state index in [0.717, 1.165) is 45.7 Å². The molecule has 2 atom stereocenters. The fraction of sp³-hybridized carbons (Fsp3) is 0.933. The Labute approximate surface area is 122 Å². The maximum atomic E-state index is 11.8. The third-order valence-corrected chi connectivity index (χ3v) is 4.38. The third kappa shape index (κ3) is 3.93. The van der Waals surface area contributed by atoms with Crippen molar-refractivity contribution in [1.29, 1.82) is 0 Å². The summed E-state index contributed by atoms with van der Waals surface area (Å²) in [6.45, 7) is 7.10. The fourth-order valence-electron chi connectivity index (χ4n) is 3.36. The van der Waals surface area contributed by atoms with Crippen molar-refractivity contribution in [2.45, 2.75) is 25.8 Å². The molecule has 20 heavy (non-hydrogen) atoms. The third-order valence-electron chi connectivity index (χ3n) is 4.38. The van der Waals surface area contributed by atoms with E-state index in [4.69, 9.17) is 9.47 Å². The molecule has 5 nitrogen and oxygen atoms in total. The number of hydrogen-bond donors (Lipinski definition) is 0. The van der Waals surface area contributed by atoms with Crippen LogP contribution < -0.4 is 0 Å². The van der Waals surface area contributed by atoms with Crippen molar-refractivity contribution < 1.29 is 14.3 Å². The molecule has 0 aliphatic carbocycles. The summed E-state index contributed by atoms with van der Waals surface area (Å²) >= 11 is 0. The van der Waals surface area contributed by atoms with Crippen LogP contribution in [0.5, 0.6) is 0 Å². The largest absolute Gasteiger partial charge is 0.466 e. The SMILES string of the molecule is CCOC(=O)C1CCN(C2COCC2CN(C)C)CC1. The van der Waals surface area contributed by atoms with Crippen LogP contribution in [0.4, 0.5) is 0 Å². The highest BCUT2D eigenvalue weighted by atomic mass is 16.5. The molecule has 0 amide bonds. The van der Waals surface area contributed by atoms with Gasteiger partial charge in [0.15, 0.2) is 0 Å². The van der Waals surface area contributed by atoms with Gasteiger partial charge in [0.2, 0.25) is 0 Å². The van der Waals surface area contributed by atoms with Crippen molar-refractivity contribution in [3.8, 4) is 0 Å². The quantitative estimate of drug-likeness (QED) is 0.700. The van der Waals surface area contributed by atoms with E-state index in [1.165, 1.54) is 0 Å². The number of carbonyl (C=O) groups is 1. The van der Waals surface area contributed by atoms with E-state index in [0.29, 0.717) is 18.6 Å². The van der Waals surface area contributed by atoms with Gasteiger partial charge in [-0.1, -0.05) is 0 Å². The molecule has 0 aromatic carbocycles. The summed E-state index contributed by atoms with van der Waals surface area (Å²) in [5.74, 6) is 0.671. The zero-order chi connectivity index (χ0) is 14.5. The Balaban J connectivity index is 1.82. The molecule has 0 spiro atoms. The number of piperidine rings is 1. The topological polar surface area (TPSA) is 42.0 Å². The molecule has 5 heteroatoms. The molecule has 0 radical (unpaired) electrons. The number of likely N-dealkylation sites (tertiary alicyclic amines) is 1. The van der Waals surface area contributed by atoms with Crippen molar-refractivity contribution in [1.82, 2.24) is 9.80 Å². The van der Waals surface area contributed by atoms with Crippen LogP contribution in [0.25, 0.3) is 0 Å². The monoisotopic (exact) mass is 284 g/mol. The lowest BCUT2D eigenvalue weighted by Gasteiger charge is -2.37. The van der Waals surface area contributed by atoms with Crippen molar-refractivity contribution in [3.63, 3.8) is 0 Å². The maximum absolute atomic E-state index is 11.8. The minimum absolute atomic E-state index is 0.0142. The van der Waals surface area contributed by atoms with Gasteiger partial charge in [-0.2, -0.15) is 0 Å². The van der Waals surface area contributed by atoms with E-state index in [1.54, 1.807) is 0 Å². The summed E-state index contributed by atoms with van der Waals surface area (Å²) < 4.78 is 10.8. The minimum Gasteiger partial charge on any atom is -0.466 e. The molecule has 0 aromatic heterocycles. The Kier molecular flexibility index (Phi) is 5.81. The van der Waals surface area contributed by atoms with Gasteiger partial charge < -0.3 is 14.4 Å². The van der Waals surface area contributed by atoms with Crippen molar-refractivity contribution in [2.24, 2.45) is 11.8 Å². The standard InChI is InChI=1S/C15H28N2O3/c1-4-20-15(18)12-5-7-17(8-6-12)14-11-19-10-13(14)9-16(2)3/h12-14H,4-11H2,1-3H3. The van der Waals surface area contributed by atoms with E-state index >= 15 is 0 Å². The second-order valence-electron chi connectivity index (χ2n) is 6.19. The summed E-state index contributed by atoms with van der Waals surface area (Å²) in [7, 11) is 4.23. The first-order valence-corrected chi connectivity index (χ1v) is 7.75. The summed E-state index contributed by atoms with van der Waals surface area (Å²) in [4.78, 5) is 16.5. The average molecular weight is 284 g/mol. The van der Waals surface area contributed by atoms with Gasteiger partial charge in [-0.3, -0.25) is 9.69 Å². The molecule has 2 saturated heterocycles. The molecule has 2 aliphatic rings. The molecular formula is C15H28N2O3. The van der Waals surface area contributed by atoms with Crippen LogP contribution in [0, 0.1) is 11.8 Å². The van der Waals surface area contributed by atoms with Crippen LogP contribution in [0.15, 0.2) is 0 Å². The van der Waals surface area contributed by atoms with E-state index in [-0.39, 0.29) is 11.9 Å². The molecule has 0 bridgehead atoms. The second-order valence-corrected chi connectivity index (χ2v) is 6.19. The fourth-order valence-corrected chi connectivity index (χ4v) is 3.36. The number of ether oxygens (including phenoxy) is 2. The molecule has 2 aliphatic heterocycles. The lowest BCUT2D eigenvalue weighted by molar-refractivity contribution is -0.149. The summed E-state index contributed by atoms with van der Waals surface area (Å²) in [5.41, 5.74) is 0. The molecule has 2 unspecified atom stereocenters. The number of hydrogen-bond acceptors (Lipinski definition) is 5. The Morgan fingerprint density at radius 2 is 2.00 bits per heavy atom.